The number of benzene rings is 2. The molecule has 1 heterocycles. The highest BCUT2D eigenvalue weighted by Crippen LogP contribution is 2.25. The van der Waals surface area contributed by atoms with Crippen LogP contribution in [0.1, 0.15) is 35.2 Å². The van der Waals surface area contributed by atoms with E-state index in [4.69, 9.17) is 0 Å². The second-order valence-corrected chi connectivity index (χ2v) is 8.78. The van der Waals surface area contributed by atoms with Crippen LogP contribution in [0.25, 0.3) is 0 Å². The third-order valence-electron chi connectivity index (χ3n) is 4.79. The zero-order valence-corrected chi connectivity index (χ0v) is 16.7. The molecule has 154 valence electrons. The van der Waals surface area contributed by atoms with Gasteiger partial charge in [-0.3, -0.25) is 20.4 Å². The largest absolute Gasteiger partial charge is 0.271 e. The van der Waals surface area contributed by atoms with Crippen molar-refractivity contribution < 1.29 is 22.4 Å². The summed E-state index contributed by atoms with van der Waals surface area (Å²) in [4.78, 5) is 24.9. The molecule has 0 unspecified atom stereocenters. The number of carbonyl (C=O) groups excluding carboxylic acids is 2. The van der Waals surface area contributed by atoms with Crippen molar-refractivity contribution in [2.24, 2.45) is 0 Å². The molecule has 1 saturated heterocycles. The number of aryl methyl sites for hydroxylation is 1. The fraction of sp³-hybridized carbons (Fsp3) is 0.300. The fourth-order valence-corrected chi connectivity index (χ4v) is 4.83. The normalized spacial score (nSPS) is 17.5. The summed E-state index contributed by atoms with van der Waals surface area (Å²) in [5.41, 5.74) is 5.64. The van der Waals surface area contributed by atoms with Gasteiger partial charge < -0.3 is 0 Å². The molecule has 9 heteroatoms. The number of sulfonamides is 1. The highest BCUT2D eigenvalue weighted by atomic mass is 32.2. The smallest absolute Gasteiger partial charge is 0.269 e. The topological polar surface area (TPSA) is 95.6 Å². The van der Waals surface area contributed by atoms with Gasteiger partial charge in [-0.25, -0.2) is 12.8 Å². The molecular weight excluding hydrogens is 397 g/mol. The molecule has 0 saturated carbocycles. The van der Waals surface area contributed by atoms with Gasteiger partial charge >= 0.3 is 0 Å². The summed E-state index contributed by atoms with van der Waals surface area (Å²) < 4.78 is 40.2. The predicted octanol–water partition coefficient (Wildman–Crippen LogP) is 2.14. The molecule has 2 N–H and O–H groups in total. The number of hydrazine groups is 1. The van der Waals surface area contributed by atoms with Crippen molar-refractivity contribution in [2.45, 2.75) is 37.1 Å². The number of nitrogens with one attached hydrogen (secondary N) is 2. The summed E-state index contributed by atoms with van der Waals surface area (Å²) >= 11 is 0. The monoisotopic (exact) mass is 419 g/mol. The minimum Gasteiger partial charge on any atom is -0.271 e. The Morgan fingerprint density at radius 1 is 1.00 bits per heavy atom. The summed E-state index contributed by atoms with van der Waals surface area (Å²) in [6.45, 7) is 2.08. The summed E-state index contributed by atoms with van der Waals surface area (Å²) in [6, 6.07) is 10.3. The molecule has 1 fully saturated rings. The number of hydrogen-bond acceptors (Lipinski definition) is 4. The van der Waals surface area contributed by atoms with Crippen LogP contribution in [0.4, 0.5) is 4.39 Å². The van der Waals surface area contributed by atoms with E-state index in [1.54, 1.807) is 12.1 Å². The van der Waals surface area contributed by atoms with Crippen molar-refractivity contribution in [3.63, 3.8) is 0 Å². The zero-order chi connectivity index (χ0) is 21.0. The van der Waals surface area contributed by atoms with Gasteiger partial charge in [0.05, 0.1) is 4.90 Å². The number of piperidine rings is 1. The van der Waals surface area contributed by atoms with Crippen molar-refractivity contribution in [1.29, 1.82) is 0 Å². The van der Waals surface area contributed by atoms with Crippen molar-refractivity contribution in [2.75, 3.05) is 6.54 Å². The molecule has 7 nitrogen and oxygen atoms in total. The number of nitrogens with zero attached hydrogens (tertiary/aromatic N) is 1. The van der Waals surface area contributed by atoms with Gasteiger partial charge in [-0.2, -0.15) is 4.31 Å². The lowest BCUT2D eigenvalue weighted by Crippen LogP contribution is -2.55. The number of hydrogen-bond donors (Lipinski definition) is 2. The van der Waals surface area contributed by atoms with Crippen LogP contribution in [-0.4, -0.2) is 37.1 Å². The minimum atomic E-state index is -3.85. The molecule has 1 atom stereocenters. The maximum atomic E-state index is 13.0. The number of halogens is 1. The first kappa shape index (κ1) is 20.9. The Bertz CT molecular complexity index is 991. The van der Waals surface area contributed by atoms with Crippen LogP contribution in [0.3, 0.4) is 0 Å². The van der Waals surface area contributed by atoms with Crippen LogP contribution in [-0.2, 0) is 14.8 Å². The van der Waals surface area contributed by atoms with E-state index in [0.717, 1.165) is 17.7 Å². The first-order chi connectivity index (χ1) is 13.8. The standard InChI is InChI=1S/C20H22FN3O4S/c1-14-5-11-17(12-6-14)29(27,28)24-13-3-2-4-18(24)20(26)23-22-19(25)15-7-9-16(21)10-8-15/h5-12,18H,2-4,13H2,1H3,(H,22,25)(H,23,26)/t18-/m0/s1. The maximum absolute atomic E-state index is 13.0. The number of amides is 2. The maximum Gasteiger partial charge on any atom is 0.269 e. The second-order valence-electron chi connectivity index (χ2n) is 6.89. The van der Waals surface area contributed by atoms with Crippen LogP contribution in [0.15, 0.2) is 53.4 Å². The van der Waals surface area contributed by atoms with Crippen molar-refractivity contribution in [1.82, 2.24) is 15.2 Å². The van der Waals surface area contributed by atoms with E-state index in [1.807, 2.05) is 6.92 Å². The van der Waals surface area contributed by atoms with Gasteiger partial charge in [0, 0.05) is 12.1 Å². The molecule has 2 amide bonds. The van der Waals surface area contributed by atoms with Crippen LogP contribution in [0, 0.1) is 12.7 Å². The highest BCUT2D eigenvalue weighted by Gasteiger charge is 2.37. The first-order valence-corrected chi connectivity index (χ1v) is 10.7. The lowest BCUT2D eigenvalue weighted by molar-refractivity contribution is -0.126. The van der Waals surface area contributed by atoms with E-state index in [9.17, 15) is 22.4 Å². The molecule has 0 radical (unpaired) electrons. The van der Waals surface area contributed by atoms with Crippen LogP contribution < -0.4 is 10.9 Å². The molecule has 0 bridgehead atoms. The molecule has 0 aliphatic carbocycles. The van der Waals surface area contributed by atoms with Gasteiger partial charge in [0.25, 0.3) is 11.8 Å². The van der Waals surface area contributed by atoms with E-state index in [2.05, 4.69) is 10.9 Å². The Hall–Kier alpha value is -2.78. The Morgan fingerprint density at radius 2 is 1.66 bits per heavy atom. The Kier molecular flexibility index (Phi) is 6.29. The molecule has 2 aromatic rings. The molecule has 1 aliphatic heterocycles. The average Bonchev–Trinajstić information content (AvgIpc) is 2.72. The third kappa shape index (κ3) is 4.80. The van der Waals surface area contributed by atoms with Crippen LogP contribution in [0.5, 0.6) is 0 Å². The van der Waals surface area contributed by atoms with Gasteiger partial charge in [-0.15, -0.1) is 0 Å². The van der Waals surface area contributed by atoms with E-state index >= 15 is 0 Å². The van der Waals surface area contributed by atoms with Gasteiger partial charge in [-0.05, 0) is 56.2 Å². The van der Waals surface area contributed by atoms with E-state index in [1.165, 1.54) is 28.6 Å². The SMILES string of the molecule is Cc1ccc(S(=O)(=O)N2CCCC[C@H]2C(=O)NNC(=O)c2ccc(F)cc2)cc1. The Morgan fingerprint density at radius 3 is 2.31 bits per heavy atom. The summed E-state index contributed by atoms with van der Waals surface area (Å²) in [5, 5.41) is 0. The average molecular weight is 419 g/mol. The van der Waals surface area contributed by atoms with Gasteiger partial charge in [0.2, 0.25) is 10.0 Å². The van der Waals surface area contributed by atoms with E-state index in [0.29, 0.717) is 19.3 Å². The van der Waals surface area contributed by atoms with Crippen molar-refractivity contribution in [3.8, 4) is 0 Å². The number of rotatable bonds is 4. The predicted molar refractivity (Wildman–Crippen MR) is 105 cm³/mol. The summed E-state index contributed by atoms with van der Waals surface area (Å²) in [5.74, 6) is -1.72. The van der Waals surface area contributed by atoms with E-state index in [-0.39, 0.29) is 17.0 Å². The second kappa shape index (κ2) is 8.71. The molecule has 0 spiro atoms. The fourth-order valence-electron chi connectivity index (χ4n) is 3.18. The molecule has 3 rings (SSSR count). The molecule has 0 aromatic heterocycles. The Labute approximate surface area is 168 Å². The zero-order valence-electron chi connectivity index (χ0n) is 15.9. The third-order valence-corrected chi connectivity index (χ3v) is 6.71. The molecular formula is C20H22FN3O4S. The summed E-state index contributed by atoms with van der Waals surface area (Å²) in [7, 11) is -3.85. The van der Waals surface area contributed by atoms with Gasteiger partial charge in [-0.1, -0.05) is 24.1 Å². The first-order valence-electron chi connectivity index (χ1n) is 9.23. The molecule has 2 aromatic carbocycles. The van der Waals surface area contributed by atoms with Crippen LogP contribution >= 0.6 is 0 Å². The highest BCUT2D eigenvalue weighted by molar-refractivity contribution is 7.89. The van der Waals surface area contributed by atoms with Gasteiger partial charge in [0.15, 0.2) is 0 Å². The lowest BCUT2D eigenvalue weighted by atomic mass is 10.0. The van der Waals surface area contributed by atoms with Crippen LogP contribution in [0.2, 0.25) is 0 Å². The lowest BCUT2D eigenvalue weighted by Gasteiger charge is -2.33. The van der Waals surface area contributed by atoms with Crippen molar-refractivity contribution >= 4 is 21.8 Å². The number of carbonyl (C=O) groups is 2. The quantitative estimate of drug-likeness (QED) is 0.743. The Balaban J connectivity index is 1.71. The summed E-state index contributed by atoms with van der Waals surface area (Å²) in [6.07, 6.45) is 1.70. The van der Waals surface area contributed by atoms with Gasteiger partial charge in [0.1, 0.15) is 11.9 Å². The van der Waals surface area contributed by atoms with Crippen molar-refractivity contribution in [3.05, 3.63) is 65.5 Å². The molecule has 29 heavy (non-hydrogen) atoms. The molecule has 1 aliphatic rings. The van der Waals surface area contributed by atoms with E-state index < -0.39 is 33.7 Å². The minimum absolute atomic E-state index is 0.123.